The van der Waals surface area contributed by atoms with Crippen molar-refractivity contribution in [2.24, 2.45) is 0 Å². The predicted molar refractivity (Wildman–Crippen MR) is 58.0 cm³/mol. The molecular formula is C13H14O2. The largest absolute Gasteiger partial charge is 0.488 e. The van der Waals surface area contributed by atoms with Crippen LogP contribution in [0.2, 0.25) is 0 Å². The molecule has 2 atom stereocenters. The Labute approximate surface area is 89.2 Å². The van der Waals surface area contributed by atoms with E-state index < -0.39 is 0 Å². The highest BCUT2D eigenvalue weighted by Gasteiger charge is 2.36. The fraction of sp³-hybridized carbons (Fsp3) is 0.385. The molecule has 0 unspecified atom stereocenters. The number of ether oxygens (including phenoxy) is 1. The minimum atomic E-state index is 0.0627. The van der Waals surface area contributed by atoms with Gasteiger partial charge in [-0.2, -0.15) is 0 Å². The van der Waals surface area contributed by atoms with E-state index in [9.17, 15) is 5.11 Å². The molecule has 1 aliphatic carbocycles. The second-order valence-electron chi connectivity index (χ2n) is 4.35. The van der Waals surface area contributed by atoms with Crippen LogP contribution >= 0.6 is 0 Å². The highest BCUT2D eigenvalue weighted by molar-refractivity contribution is 5.52. The van der Waals surface area contributed by atoms with Crippen LogP contribution in [0.4, 0.5) is 0 Å². The zero-order valence-corrected chi connectivity index (χ0v) is 8.73. The van der Waals surface area contributed by atoms with Gasteiger partial charge in [0.15, 0.2) is 0 Å². The van der Waals surface area contributed by atoms with Crippen LogP contribution in [-0.4, -0.2) is 11.2 Å². The molecule has 0 amide bonds. The Bertz CT molecular complexity index is 434. The Morgan fingerprint density at radius 1 is 1.47 bits per heavy atom. The molecule has 0 saturated heterocycles. The van der Waals surface area contributed by atoms with E-state index in [2.05, 4.69) is 25.1 Å². The smallest absolute Gasteiger partial charge is 0.129 e. The van der Waals surface area contributed by atoms with Crippen molar-refractivity contribution in [2.45, 2.75) is 32.0 Å². The van der Waals surface area contributed by atoms with Crippen LogP contribution in [0.15, 0.2) is 24.3 Å². The molecule has 1 aromatic carbocycles. The number of hydrogen-bond acceptors (Lipinski definition) is 2. The molecule has 1 aromatic rings. The normalized spacial score (nSPS) is 26.3. The van der Waals surface area contributed by atoms with E-state index in [4.69, 9.17) is 4.74 Å². The van der Waals surface area contributed by atoms with Gasteiger partial charge in [0.1, 0.15) is 11.9 Å². The molecule has 2 nitrogen and oxygen atoms in total. The third-order valence-electron chi connectivity index (χ3n) is 3.25. The molecule has 0 fully saturated rings. The second kappa shape index (κ2) is 3.11. The summed E-state index contributed by atoms with van der Waals surface area (Å²) in [6.45, 7) is 2.12. The number of rotatable bonds is 1. The van der Waals surface area contributed by atoms with Crippen molar-refractivity contribution in [3.8, 4) is 5.75 Å². The number of benzene rings is 1. The molecular weight excluding hydrogens is 188 g/mol. The fourth-order valence-corrected chi connectivity index (χ4v) is 2.59. The van der Waals surface area contributed by atoms with Gasteiger partial charge in [0, 0.05) is 23.5 Å². The van der Waals surface area contributed by atoms with Crippen LogP contribution in [0.1, 0.15) is 29.0 Å². The molecule has 0 saturated carbocycles. The summed E-state index contributed by atoms with van der Waals surface area (Å²) >= 11 is 0. The highest BCUT2D eigenvalue weighted by atomic mass is 16.5. The predicted octanol–water partition coefficient (Wildman–Crippen LogP) is 2.29. The Hall–Kier alpha value is -1.28. The summed E-state index contributed by atoms with van der Waals surface area (Å²) in [5.41, 5.74) is 3.37. The van der Waals surface area contributed by atoms with Crippen molar-refractivity contribution in [2.75, 3.05) is 0 Å². The first-order valence-electron chi connectivity index (χ1n) is 5.37. The summed E-state index contributed by atoms with van der Waals surface area (Å²) in [7, 11) is 0. The monoisotopic (exact) mass is 202 g/mol. The van der Waals surface area contributed by atoms with Gasteiger partial charge in [-0.25, -0.2) is 0 Å². The molecule has 1 aliphatic heterocycles. The van der Waals surface area contributed by atoms with Gasteiger partial charge in [-0.15, -0.1) is 0 Å². The summed E-state index contributed by atoms with van der Waals surface area (Å²) in [6.07, 6.45) is 5.66. The zero-order valence-electron chi connectivity index (χ0n) is 8.73. The van der Waals surface area contributed by atoms with E-state index in [1.807, 2.05) is 6.07 Å². The van der Waals surface area contributed by atoms with Crippen LogP contribution < -0.4 is 4.74 Å². The van der Waals surface area contributed by atoms with Crippen LogP contribution in [-0.2, 0) is 6.61 Å². The molecule has 3 rings (SSSR count). The molecule has 0 bridgehead atoms. The van der Waals surface area contributed by atoms with Gasteiger partial charge in [0.25, 0.3) is 0 Å². The fourth-order valence-electron chi connectivity index (χ4n) is 2.59. The van der Waals surface area contributed by atoms with Crippen LogP contribution in [0.5, 0.6) is 5.75 Å². The first-order valence-corrected chi connectivity index (χ1v) is 5.37. The number of aryl methyl sites for hydroxylation is 1. The van der Waals surface area contributed by atoms with Gasteiger partial charge in [0.05, 0.1) is 6.61 Å². The van der Waals surface area contributed by atoms with Crippen molar-refractivity contribution in [3.05, 3.63) is 41.0 Å². The van der Waals surface area contributed by atoms with Gasteiger partial charge in [-0.1, -0.05) is 29.8 Å². The topological polar surface area (TPSA) is 29.5 Å². The van der Waals surface area contributed by atoms with Crippen LogP contribution in [0.3, 0.4) is 0 Å². The lowest BCUT2D eigenvalue weighted by Gasteiger charge is -2.09. The molecule has 0 spiro atoms. The van der Waals surface area contributed by atoms with E-state index in [0.717, 1.165) is 17.7 Å². The maximum absolute atomic E-state index is 9.29. The first kappa shape index (κ1) is 8.98. The van der Waals surface area contributed by atoms with Gasteiger partial charge < -0.3 is 9.84 Å². The maximum Gasteiger partial charge on any atom is 0.129 e. The Kier molecular flexibility index (Phi) is 1.86. The molecule has 2 heteroatoms. The standard InChI is InChI=1S/C13H14O2/c1-8-5-9(7-14)13-11(6-8)10-3-2-4-12(10)15-13/h2-3,5-6,10,12,14H,4,7H2,1H3/t10-,12-/m1/s1. The maximum atomic E-state index is 9.29. The van der Waals surface area contributed by atoms with Crippen molar-refractivity contribution in [3.63, 3.8) is 0 Å². The molecule has 0 radical (unpaired) electrons. The molecule has 15 heavy (non-hydrogen) atoms. The van der Waals surface area contributed by atoms with Gasteiger partial charge in [-0.05, 0) is 6.92 Å². The number of fused-ring (bicyclic) bond motifs is 3. The van der Waals surface area contributed by atoms with Crippen molar-refractivity contribution < 1.29 is 9.84 Å². The molecule has 1 N–H and O–H groups in total. The minimum Gasteiger partial charge on any atom is -0.488 e. The van der Waals surface area contributed by atoms with Crippen molar-refractivity contribution in [1.82, 2.24) is 0 Å². The minimum absolute atomic E-state index is 0.0627. The quantitative estimate of drug-likeness (QED) is 0.708. The average molecular weight is 202 g/mol. The van der Waals surface area contributed by atoms with Crippen LogP contribution in [0, 0.1) is 6.92 Å². The van der Waals surface area contributed by atoms with E-state index in [-0.39, 0.29) is 12.7 Å². The van der Waals surface area contributed by atoms with E-state index in [0.29, 0.717) is 5.92 Å². The number of aliphatic hydroxyl groups is 1. The number of hydrogen-bond donors (Lipinski definition) is 1. The molecule has 78 valence electrons. The van der Waals surface area contributed by atoms with E-state index >= 15 is 0 Å². The first-order chi connectivity index (χ1) is 7.29. The third-order valence-corrected chi connectivity index (χ3v) is 3.25. The molecule has 2 aliphatic rings. The van der Waals surface area contributed by atoms with Crippen molar-refractivity contribution >= 4 is 0 Å². The van der Waals surface area contributed by atoms with Crippen molar-refractivity contribution in [1.29, 1.82) is 0 Å². The summed E-state index contributed by atoms with van der Waals surface area (Å²) in [6, 6.07) is 4.18. The average Bonchev–Trinajstić information content (AvgIpc) is 2.77. The highest BCUT2D eigenvalue weighted by Crippen LogP contribution is 2.45. The third kappa shape index (κ3) is 1.21. The van der Waals surface area contributed by atoms with E-state index in [1.54, 1.807) is 0 Å². The zero-order chi connectivity index (χ0) is 10.4. The Morgan fingerprint density at radius 2 is 2.33 bits per heavy atom. The summed E-state index contributed by atoms with van der Waals surface area (Å²) in [4.78, 5) is 0. The lowest BCUT2D eigenvalue weighted by atomic mass is 9.95. The van der Waals surface area contributed by atoms with Gasteiger partial charge in [-0.3, -0.25) is 0 Å². The summed E-state index contributed by atoms with van der Waals surface area (Å²) in [5.74, 6) is 1.33. The van der Waals surface area contributed by atoms with Gasteiger partial charge >= 0.3 is 0 Å². The Balaban J connectivity index is 2.16. The second-order valence-corrected chi connectivity index (χ2v) is 4.35. The van der Waals surface area contributed by atoms with Gasteiger partial charge in [0.2, 0.25) is 0 Å². The lowest BCUT2D eigenvalue weighted by molar-refractivity contribution is 0.220. The molecule has 1 heterocycles. The number of aliphatic hydroxyl groups excluding tert-OH is 1. The SMILES string of the molecule is Cc1cc(CO)c2c(c1)[C@H]1C=CC[C@H]1O2. The van der Waals surface area contributed by atoms with E-state index in [1.165, 1.54) is 11.1 Å². The Morgan fingerprint density at radius 3 is 3.13 bits per heavy atom. The summed E-state index contributed by atoms with van der Waals surface area (Å²) < 4.78 is 5.89. The van der Waals surface area contributed by atoms with Crippen LogP contribution in [0.25, 0.3) is 0 Å². The lowest BCUT2D eigenvalue weighted by Crippen LogP contribution is -2.11. The molecule has 0 aromatic heterocycles. The summed E-state index contributed by atoms with van der Waals surface area (Å²) in [5, 5.41) is 9.29.